The number of halogens is 3. The maximum atomic E-state index is 13.1. The number of hydrogen-bond acceptors (Lipinski definition) is 4. The van der Waals surface area contributed by atoms with Crippen molar-refractivity contribution in [2.45, 2.75) is 25.9 Å². The van der Waals surface area contributed by atoms with E-state index in [9.17, 15) is 18.0 Å². The highest BCUT2D eigenvalue weighted by molar-refractivity contribution is 5.98. The van der Waals surface area contributed by atoms with Crippen LogP contribution >= 0.6 is 0 Å². The number of nitrogens with one attached hydrogen (secondary N) is 1. The van der Waals surface area contributed by atoms with Crippen LogP contribution in [0.2, 0.25) is 0 Å². The summed E-state index contributed by atoms with van der Waals surface area (Å²) in [5, 5.41) is 3.60. The summed E-state index contributed by atoms with van der Waals surface area (Å²) >= 11 is 0. The fraction of sp³-hybridized carbons (Fsp3) is 0.429. The lowest BCUT2D eigenvalue weighted by molar-refractivity contribution is -0.139. The predicted octanol–water partition coefficient (Wildman–Crippen LogP) is 2.69. The molecule has 1 aromatic rings. The van der Waals surface area contributed by atoms with Gasteiger partial charge in [-0.25, -0.2) is 5.43 Å². The molecule has 0 aliphatic carbocycles. The summed E-state index contributed by atoms with van der Waals surface area (Å²) in [5.41, 5.74) is 1.38. The fourth-order valence-electron chi connectivity index (χ4n) is 1.80. The first-order chi connectivity index (χ1) is 10.4. The van der Waals surface area contributed by atoms with Gasteiger partial charge >= 0.3 is 6.18 Å². The van der Waals surface area contributed by atoms with Crippen LogP contribution in [0.25, 0.3) is 0 Å². The normalized spacial score (nSPS) is 14.9. The molecule has 2 rings (SSSR count). The Kier molecular flexibility index (Phi) is 4.89. The standard InChI is InChI=1S/C14H15F3N2O3/c1-2-3-6-21-11-5-4-9(7-10(11)14(15,16)17)13-19-18-12(20)8-22-13/h4-5,7H,2-3,6,8H2,1H3,(H,18,20). The molecular formula is C14H15F3N2O3. The zero-order valence-electron chi connectivity index (χ0n) is 11.9. The third-order valence-corrected chi connectivity index (χ3v) is 2.91. The van der Waals surface area contributed by atoms with Gasteiger partial charge < -0.3 is 9.47 Å². The summed E-state index contributed by atoms with van der Waals surface area (Å²) in [6, 6.07) is 3.54. The molecule has 5 nitrogen and oxygen atoms in total. The Labute approximate surface area is 125 Å². The van der Waals surface area contributed by atoms with Gasteiger partial charge in [0.15, 0.2) is 6.61 Å². The molecule has 1 aliphatic rings. The van der Waals surface area contributed by atoms with Crippen molar-refractivity contribution < 1.29 is 27.4 Å². The van der Waals surface area contributed by atoms with E-state index in [2.05, 4.69) is 10.5 Å². The molecule has 0 spiro atoms. The summed E-state index contributed by atoms with van der Waals surface area (Å²) in [4.78, 5) is 10.9. The van der Waals surface area contributed by atoms with Crippen LogP contribution in [0.4, 0.5) is 13.2 Å². The quantitative estimate of drug-likeness (QED) is 0.850. The average molecular weight is 316 g/mol. The molecule has 8 heteroatoms. The molecule has 0 aromatic heterocycles. The van der Waals surface area contributed by atoms with Gasteiger partial charge in [0.05, 0.1) is 12.2 Å². The maximum absolute atomic E-state index is 13.1. The second-order valence-corrected chi connectivity index (χ2v) is 4.65. The Balaban J connectivity index is 2.29. The summed E-state index contributed by atoms with van der Waals surface area (Å²) in [6.07, 6.45) is -3.07. The van der Waals surface area contributed by atoms with E-state index in [1.165, 1.54) is 12.1 Å². The fourth-order valence-corrected chi connectivity index (χ4v) is 1.80. The van der Waals surface area contributed by atoms with E-state index >= 15 is 0 Å². The van der Waals surface area contributed by atoms with Crippen LogP contribution in [-0.2, 0) is 15.7 Å². The number of rotatable bonds is 5. The van der Waals surface area contributed by atoms with Crippen molar-refractivity contribution in [3.63, 3.8) is 0 Å². The first-order valence-corrected chi connectivity index (χ1v) is 6.75. The third kappa shape index (κ3) is 3.90. The van der Waals surface area contributed by atoms with Crippen LogP contribution in [0.3, 0.4) is 0 Å². The third-order valence-electron chi connectivity index (χ3n) is 2.91. The van der Waals surface area contributed by atoms with Crippen molar-refractivity contribution in [2.24, 2.45) is 5.10 Å². The van der Waals surface area contributed by atoms with E-state index in [4.69, 9.17) is 9.47 Å². The minimum absolute atomic E-state index is 0.0646. The van der Waals surface area contributed by atoms with Crippen LogP contribution in [0.5, 0.6) is 5.75 Å². The van der Waals surface area contributed by atoms with Crippen molar-refractivity contribution in [3.8, 4) is 5.75 Å². The van der Waals surface area contributed by atoms with Crippen molar-refractivity contribution >= 4 is 11.8 Å². The summed E-state index contributed by atoms with van der Waals surface area (Å²) in [5.74, 6) is -0.755. The number of hydrazone groups is 1. The van der Waals surface area contributed by atoms with Gasteiger partial charge in [-0.3, -0.25) is 4.79 Å². The lowest BCUT2D eigenvalue weighted by atomic mass is 10.1. The lowest BCUT2D eigenvalue weighted by Crippen LogP contribution is -2.32. The van der Waals surface area contributed by atoms with Gasteiger partial charge in [0.1, 0.15) is 5.75 Å². The van der Waals surface area contributed by atoms with Crippen molar-refractivity contribution in [2.75, 3.05) is 13.2 Å². The molecule has 1 amide bonds. The lowest BCUT2D eigenvalue weighted by Gasteiger charge is -2.17. The summed E-state index contributed by atoms with van der Waals surface area (Å²) in [7, 11) is 0. The van der Waals surface area contributed by atoms with Crippen LogP contribution in [0.15, 0.2) is 23.3 Å². The van der Waals surface area contributed by atoms with Gasteiger partial charge in [0.2, 0.25) is 5.90 Å². The molecule has 0 saturated heterocycles. The zero-order valence-corrected chi connectivity index (χ0v) is 11.9. The first-order valence-electron chi connectivity index (χ1n) is 6.75. The molecule has 22 heavy (non-hydrogen) atoms. The minimum atomic E-state index is -4.56. The van der Waals surface area contributed by atoms with E-state index in [0.29, 0.717) is 6.42 Å². The number of nitrogens with zero attached hydrogens (tertiary/aromatic N) is 1. The Bertz CT molecular complexity index is 585. The van der Waals surface area contributed by atoms with Crippen molar-refractivity contribution in [1.82, 2.24) is 5.43 Å². The van der Waals surface area contributed by atoms with Crippen LogP contribution in [0, 0.1) is 0 Å². The van der Waals surface area contributed by atoms with Crippen LogP contribution in [-0.4, -0.2) is 25.0 Å². The monoisotopic (exact) mass is 316 g/mol. The second kappa shape index (κ2) is 6.67. The number of alkyl halides is 3. The van der Waals surface area contributed by atoms with Gasteiger partial charge in [-0.1, -0.05) is 13.3 Å². The molecule has 120 valence electrons. The summed E-state index contributed by atoms with van der Waals surface area (Å²) < 4.78 is 49.6. The Hall–Kier alpha value is -2.25. The topological polar surface area (TPSA) is 59.9 Å². The number of hydrogen-bond donors (Lipinski definition) is 1. The summed E-state index contributed by atoms with van der Waals surface area (Å²) in [6.45, 7) is 1.85. The predicted molar refractivity (Wildman–Crippen MR) is 72.5 cm³/mol. The minimum Gasteiger partial charge on any atom is -0.493 e. The number of benzene rings is 1. The molecular weight excluding hydrogens is 301 g/mol. The SMILES string of the molecule is CCCCOc1ccc(C2=NNC(=O)CO2)cc1C(F)(F)F. The molecule has 1 N–H and O–H groups in total. The molecule has 1 aromatic carbocycles. The Morgan fingerprint density at radius 2 is 2.18 bits per heavy atom. The van der Waals surface area contributed by atoms with Gasteiger partial charge in [-0.2, -0.15) is 13.2 Å². The van der Waals surface area contributed by atoms with Gasteiger partial charge in [-0.05, 0) is 24.6 Å². The largest absolute Gasteiger partial charge is 0.493 e. The van der Waals surface area contributed by atoms with Crippen LogP contribution < -0.4 is 10.2 Å². The maximum Gasteiger partial charge on any atom is 0.419 e. The van der Waals surface area contributed by atoms with E-state index in [1.807, 2.05) is 6.92 Å². The molecule has 1 aliphatic heterocycles. The van der Waals surface area contributed by atoms with Gasteiger partial charge in [0, 0.05) is 5.56 Å². The second-order valence-electron chi connectivity index (χ2n) is 4.65. The van der Waals surface area contributed by atoms with E-state index in [1.54, 1.807) is 0 Å². The molecule has 0 bridgehead atoms. The highest BCUT2D eigenvalue weighted by Gasteiger charge is 2.35. The number of carbonyl (C=O) groups excluding carboxylic acids is 1. The Morgan fingerprint density at radius 1 is 1.41 bits per heavy atom. The van der Waals surface area contributed by atoms with Crippen LogP contribution in [0.1, 0.15) is 30.9 Å². The molecule has 1 heterocycles. The molecule has 0 atom stereocenters. The highest BCUT2D eigenvalue weighted by atomic mass is 19.4. The molecule has 0 radical (unpaired) electrons. The molecule has 0 saturated carbocycles. The van der Waals surface area contributed by atoms with E-state index in [0.717, 1.165) is 12.5 Å². The van der Waals surface area contributed by atoms with E-state index < -0.39 is 17.6 Å². The zero-order chi connectivity index (χ0) is 16.2. The average Bonchev–Trinajstić information content (AvgIpc) is 2.47. The van der Waals surface area contributed by atoms with Gasteiger partial charge in [-0.15, -0.1) is 5.10 Å². The smallest absolute Gasteiger partial charge is 0.419 e. The number of carbonyl (C=O) groups is 1. The molecule has 0 unspecified atom stereocenters. The van der Waals surface area contributed by atoms with Crippen molar-refractivity contribution in [3.05, 3.63) is 29.3 Å². The van der Waals surface area contributed by atoms with Gasteiger partial charge in [0.25, 0.3) is 5.91 Å². The highest BCUT2D eigenvalue weighted by Crippen LogP contribution is 2.37. The first kappa shape index (κ1) is 16.1. The van der Waals surface area contributed by atoms with E-state index in [-0.39, 0.29) is 30.4 Å². The van der Waals surface area contributed by atoms with Crippen molar-refractivity contribution in [1.29, 1.82) is 0 Å². The number of amides is 1. The Morgan fingerprint density at radius 3 is 2.77 bits per heavy atom. The number of unbranched alkanes of at least 4 members (excludes halogenated alkanes) is 1. The molecule has 0 fully saturated rings. The number of ether oxygens (including phenoxy) is 2.